The lowest BCUT2D eigenvalue weighted by molar-refractivity contribution is 0.317. The molecular weight excluding hydrogens is 306 g/mol. The number of benzene rings is 1. The van der Waals surface area contributed by atoms with Crippen LogP contribution in [-0.2, 0) is 19.3 Å². The first-order valence-electron chi connectivity index (χ1n) is 9.97. The average molecular weight is 340 g/mol. The SMILES string of the molecule is CCCCCCCc1ccc(CCc2ccc(OCCC)cc2)nc1. The molecule has 2 rings (SSSR count). The Balaban J connectivity index is 1.71. The molecule has 0 saturated carbocycles. The van der Waals surface area contributed by atoms with Crippen LogP contribution in [0, 0.1) is 0 Å². The third kappa shape index (κ3) is 7.72. The molecule has 1 aromatic carbocycles. The summed E-state index contributed by atoms with van der Waals surface area (Å²) in [4.78, 5) is 4.64. The van der Waals surface area contributed by atoms with Gasteiger partial charge in [-0.3, -0.25) is 4.98 Å². The normalized spacial score (nSPS) is 10.8. The molecule has 2 heteroatoms. The Morgan fingerprint density at radius 3 is 2.16 bits per heavy atom. The Morgan fingerprint density at radius 2 is 1.48 bits per heavy atom. The minimum atomic E-state index is 0.786. The van der Waals surface area contributed by atoms with Crippen LogP contribution in [0.1, 0.15) is 69.2 Å². The number of aromatic nitrogens is 1. The lowest BCUT2D eigenvalue weighted by atomic mass is 10.0. The predicted octanol–water partition coefficient (Wildman–Crippen LogP) is 6.17. The molecule has 0 atom stereocenters. The minimum Gasteiger partial charge on any atom is -0.494 e. The zero-order valence-electron chi connectivity index (χ0n) is 16.0. The molecule has 136 valence electrons. The van der Waals surface area contributed by atoms with Crippen molar-refractivity contribution in [1.82, 2.24) is 4.98 Å². The van der Waals surface area contributed by atoms with E-state index in [1.807, 2.05) is 0 Å². The van der Waals surface area contributed by atoms with E-state index in [-0.39, 0.29) is 0 Å². The number of hydrogen-bond donors (Lipinski definition) is 0. The Morgan fingerprint density at radius 1 is 0.720 bits per heavy atom. The van der Waals surface area contributed by atoms with Crippen LogP contribution in [0.25, 0.3) is 0 Å². The van der Waals surface area contributed by atoms with Gasteiger partial charge in [-0.15, -0.1) is 0 Å². The van der Waals surface area contributed by atoms with Gasteiger partial charge in [0.25, 0.3) is 0 Å². The third-order valence-electron chi connectivity index (χ3n) is 4.52. The summed E-state index contributed by atoms with van der Waals surface area (Å²) >= 11 is 0. The van der Waals surface area contributed by atoms with E-state index in [9.17, 15) is 0 Å². The molecule has 0 saturated heterocycles. The molecule has 0 fully saturated rings. The summed E-state index contributed by atoms with van der Waals surface area (Å²) in [6, 6.07) is 12.9. The molecule has 0 spiro atoms. The van der Waals surface area contributed by atoms with E-state index in [1.54, 1.807) is 0 Å². The zero-order chi connectivity index (χ0) is 17.7. The average Bonchev–Trinajstić information content (AvgIpc) is 2.66. The van der Waals surface area contributed by atoms with Crippen LogP contribution in [-0.4, -0.2) is 11.6 Å². The number of aryl methyl sites for hydroxylation is 3. The molecular formula is C23H33NO. The molecule has 1 heterocycles. The van der Waals surface area contributed by atoms with Gasteiger partial charge in [0.2, 0.25) is 0 Å². The van der Waals surface area contributed by atoms with Crippen molar-refractivity contribution in [3.63, 3.8) is 0 Å². The molecule has 1 aromatic heterocycles. The molecule has 0 aliphatic rings. The van der Waals surface area contributed by atoms with E-state index < -0.39 is 0 Å². The highest BCUT2D eigenvalue weighted by Gasteiger charge is 2.00. The van der Waals surface area contributed by atoms with E-state index in [0.717, 1.165) is 38.0 Å². The van der Waals surface area contributed by atoms with Crippen LogP contribution in [0.15, 0.2) is 42.6 Å². The van der Waals surface area contributed by atoms with Crippen molar-refractivity contribution in [3.05, 3.63) is 59.4 Å². The number of hydrogen-bond acceptors (Lipinski definition) is 2. The van der Waals surface area contributed by atoms with Gasteiger partial charge in [-0.1, -0.05) is 57.7 Å². The van der Waals surface area contributed by atoms with Crippen LogP contribution >= 0.6 is 0 Å². The first kappa shape index (κ1) is 19.5. The van der Waals surface area contributed by atoms with Gasteiger partial charge in [0.1, 0.15) is 5.75 Å². The van der Waals surface area contributed by atoms with Gasteiger partial charge in [0, 0.05) is 11.9 Å². The highest BCUT2D eigenvalue weighted by Crippen LogP contribution is 2.14. The molecule has 0 amide bonds. The second-order valence-electron chi connectivity index (χ2n) is 6.81. The minimum absolute atomic E-state index is 0.786. The van der Waals surface area contributed by atoms with Crippen molar-refractivity contribution >= 4 is 0 Å². The number of rotatable bonds is 12. The summed E-state index contributed by atoms with van der Waals surface area (Å²) in [7, 11) is 0. The second-order valence-corrected chi connectivity index (χ2v) is 6.81. The van der Waals surface area contributed by atoms with Crippen molar-refractivity contribution in [2.45, 2.75) is 71.6 Å². The van der Waals surface area contributed by atoms with Crippen molar-refractivity contribution < 1.29 is 4.74 Å². The van der Waals surface area contributed by atoms with Crippen LogP contribution in [0.4, 0.5) is 0 Å². The van der Waals surface area contributed by atoms with Gasteiger partial charge in [-0.25, -0.2) is 0 Å². The molecule has 0 radical (unpaired) electrons. The lowest BCUT2D eigenvalue weighted by Crippen LogP contribution is -1.97. The summed E-state index contributed by atoms with van der Waals surface area (Å²) in [6.45, 7) is 5.17. The number of unbranched alkanes of at least 4 members (excludes halogenated alkanes) is 4. The Bertz CT molecular complexity index is 574. The fourth-order valence-electron chi connectivity index (χ4n) is 2.93. The Labute approximate surface area is 153 Å². The molecule has 2 aromatic rings. The molecule has 0 unspecified atom stereocenters. The van der Waals surface area contributed by atoms with Gasteiger partial charge in [-0.2, -0.15) is 0 Å². The van der Waals surface area contributed by atoms with Crippen LogP contribution in [0.3, 0.4) is 0 Å². The van der Waals surface area contributed by atoms with E-state index in [1.165, 1.54) is 48.9 Å². The fourth-order valence-corrected chi connectivity index (χ4v) is 2.93. The van der Waals surface area contributed by atoms with Crippen LogP contribution in [0.2, 0.25) is 0 Å². The molecule has 25 heavy (non-hydrogen) atoms. The summed E-state index contributed by atoms with van der Waals surface area (Å²) in [5.74, 6) is 0.965. The van der Waals surface area contributed by atoms with Crippen LogP contribution in [0.5, 0.6) is 5.75 Å². The summed E-state index contributed by atoms with van der Waals surface area (Å²) < 4.78 is 5.63. The monoisotopic (exact) mass is 339 g/mol. The number of ether oxygens (including phenoxy) is 1. The van der Waals surface area contributed by atoms with Gasteiger partial charge < -0.3 is 4.74 Å². The quantitative estimate of drug-likeness (QED) is 0.431. The maximum absolute atomic E-state index is 5.63. The largest absolute Gasteiger partial charge is 0.494 e. The van der Waals surface area contributed by atoms with Gasteiger partial charge in [0.05, 0.1) is 6.61 Å². The highest BCUT2D eigenvalue weighted by atomic mass is 16.5. The smallest absolute Gasteiger partial charge is 0.119 e. The summed E-state index contributed by atoms with van der Waals surface area (Å²) in [6.07, 6.45) is 13.0. The molecule has 0 aliphatic carbocycles. The van der Waals surface area contributed by atoms with E-state index in [4.69, 9.17) is 4.74 Å². The summed E-state index contributed by atoms with van der Waals surface area (Å²) in [5.41, 5.74) is 3.89. The molecule has 0 aliphatic heterocycles. The Hall–Kier alpha value is -1.83. The Kier molecular flexibility index (Phi) is 9.11. The topological polar surface area (TPSA) is 22.1 Å². The van der Waals surface area contributed by atoms with Crippen molar-refractivity contribution in [2.75, 3.05) is 6.61 Å². The number of pyridine rings is 1. The predicted molar refractivity (Wildman–Crippen MR) is 106 cm³/mol. The third-order valence-corrected chi connectivity index (χ3v) is 4.52. The van der Waals surface area contributed by atoms with Gasteiger partial charge in [-0.05, 0) is 61.4 Å². The van der Waals surface area contributed by atoms with Crippen molar-refractivity contribution in [1.29, 1.82) is 0 Å². The molecule has 0 bridgehead atoms. The van der Waals surface area contributed by atoms with E-state index in [0.29, 0.717) is 0 Å². The highest BCUT2D eigenvalue weighted by molar-refractivity contribution is 5.28. The summed E-state index contributed by atoms with van der Waals surface area (Å²) in [5, 5.41) is 0. The first-order valence-corrected chi connectivity index (χ1v) is 9.97. The fraction of sp³-hybridized carbons (Fsp3) is 0.522. The lowest BCUT2D eigenvalue weighted by Gasteiger charge is -2.07. The van der Waals surface area contributed by atoms with Crippen LogP contribution < -0.4 is 4.74 Å². The van der Waals surface area contributed by atoms with E-state index in [2.05, 4.69) is 61.4 Å². The first-order chi connectivity index (χ1) is 12.3. The standard InChI is InChI=1S/C23H33NO/c1-3-5-6-7-8-9-21-11-15-22(24-19-21)14-10-20-12-16-23(17-13-20)25-18-4-2/h11-13,15-17,19H,3-10,14,18H2,1-2H3. The van der Waals surface area contributed by atoms with Gasteiger partial charge >= 0.3 is 0 Å². The molecule has 2 nitrogen and oxygen atoms in total. The van der Waals surface area contributed by atoms with E-state index >= 15 is 0 Å². The maximum Gasteiger partial charge on any atom is 0.119 e. The zero-order valence-corrected chi connectivity index (χ0v) is 16.0. The van der Waals surface area contributed by atoms with Gasteiger partial charge in [0.15, 0.2) is 0 Å². The van der Waals surface area contributed by atoms with Crippen molar-refractivity contribution in [2.24, 2.45) is 0 Å². The maximum atomic E-state index is 5.63. The van der Waals surface area contributed by atoms with Crippen molar-refractivity contribution in [3.8, 4) is 5.75 Å². The second kappa shape index (κ2) is 11.7. The molecule has 0 N–H and O–H groups in total. The number of nitrogens with zero attached hydrogens (tertiary/aromatic N) is 1.